The lowest BCUT2D eigenvalue weighted by Gasteiger charge is -2.38. The Bertz CT molecular complexity index is 509. The molecule has 1 aromatic rings. The molecule has 126 valence electrons. The second-order valence-electron chi connectivity index (χ2n) is 7.08. The quantitative estimate of drug-likeness (QED) is 0.852. The van der Waals surface area contributed by atoms with Crippen molar-refractivity contribution in [2.45, 2.75) is 45.3 Å². The molecule has 23 heavy (non-hydrogen) atoms. The van der Waals surface area contributed by atoms with Crippen LogP contribution >= 0.6 is 0 Å². The van der Waals surface area contributed by atoms with E-state index in [2.05, 4.69) is 58.9 Å². The van der Waals surface area contributed by atoms with Crippen LogP contribution in [0.3, 0.4) is 0 Å². The molecule has 2 saturated heterocycles. The first-order valence-electron chi connectivity index (χ1n) is 8.96. The number of nitrogens with zero attached hydrogens (tertiary/aromatic N) is 3. The molecule has 2 heterocycles. The predicted octanol–water partition coefficient (Wildman–Crippen LogP) is 2.20. The van der Waals surface area contributed by atoms with Gasteiger partial charge in [0.15, 0.2) is 0 Å². The van der Waals surface area contributed by atoms with E-state index in [1.165, 1.54) is 5.56 Å². The molecule has 1 atom stereocenters. The van der Waals surface area contributed by atoms with Gasteiger partial charge >= 0.3 is 0 Å². The number of carbonyl (C=O) groups excluding carboxylic acids is 1. The van der Waals surface area contributed by atoms with Crippen LogP contribution in [0.5, 0.6) is 0 Å². The number of hydrogen-bond acceptors (Lipinski definition) is 3. The van der Waals surface area contributed by atoms with Crippen molar-refractivity contribution in [3.8, 4) is 0 Å². The maximum Gasteiger partial charge on any atom is 0.240 e. The molecule has 2 fully saturated rings. The van der Waals surface area contributed by atoms with E-state index in [0.717, 1.165) is 52.1 Å². The van der Waals surface area contributed by atoms with Crippen LogP contribution in [-0.2, 0) is 11.3 Å². The third-order valence-corrected chi connectivity index (χ3v) is 5.18. The fraction of sp³-hybridized carbons (Fsp3) is 0.632. The average Bonchev–Trinajstić information content (AvgIpc) is 3.06. The number of amides is 1. The minimum atomic E-state index is 0.121. The minimum Gasteiger partial charge on any atom is -0.339 e. The fourth-order valence-corrected chi connectivity index (χ4v) is 3.85. The molecule has 0 aliphatic carbocycles. The van der Waals surface area contributed by atoms with Gasteiger partial charge < -0.3 is 4.90 Å². The highest BCUT2D eigenvalue weighted by molar-refractivity contribution is 5.82. The van der Waals surface area contributed by atoms with Crippen LogP contribution in [0.15, 0.2) is 30.3 Å². The molecule has 0 saturated carbocycles. The third kappa shape index (κ3) is 3.93. The Morgan fingerprint density at radius 3 is 2.43 bits per heavy atom. The zero-order valence-electron chi connectivity index (χ0n) is 14.4. The van der Waals surface area contributed by atoms with Crippen LogP contribution in [0.1, 0.15) is 32.3 Å². The Morgan fingerprint density at radius 1 is 1.09 bits per heavy atom. The van der Waals surface area contributed by atoms with Crippen LogP contribution in [0.4, 0.5) is 0 Å². The van der Waals surface area contributed by atoms with Gasteiger partial charge in [-0.25, -0.2) is 0 Å². The van der Waals surface area contributed by atoms with Gasteiger partial charge in [0.1, 0.15) is 0 Å². The van der Waals surface area contributed by atoms with Crippen molar-refractivity contribution in [2.24, 2.45) is 0 Å². The second kappa shape index (κ2) is 7.45. The number of likely N-dealkylation sites (tertiary alicyclic amines) is 1. The summed E-state index contributed by atoms with van der Waals surface area (Å²) < 4.78 is 0. The standard InChI is InChI=1S/C19H29N3O/c1-16(2)22-10-6-9-18(22)19(23)21-13-11-20(12-14-21)15-17-7-4-3-5-8-17/h3-5,7-8,16,18H,6,9-15H2,1-2H3/t18-/m1/s1. The van der Waals surface area contributed by atoms with Gasteiger partial charge in [0.25, 0.3) is 0 Å². The van der Waals surface area contributed by atoms with Gasteiger partial charge in [-0.2, -0.15) is 0 Å². The van der Waals surface area contributed by atoms with Crippen molar-refractivity contribution in [3.05, 3.63) is 35.9 Å². The van der Waals surface area contributed by atoms with Crippen molar-refractivity contribution >= 4 is 5.91 Å². The first kappa shape index (κ1) is 16.5. The lowest BCUT2D eigenvalue weighted by molar-refractivity contribution is -0.138. The number of rotatable bonds is 4. The van der Waals surface area contributed by atoms with Gasteiger partial charge in [0.05, 0.1) is 6.04 Å². The van der Waals surface area contributed by atoms with Gasteiger partial charge in [-0.3, -0.25) is 14.6 Å². The predicted molar refractivity (Wildman–Crippen MR) is 93.2 cm³/mol. The summed E-state index contributed by atoms with van der Waals surface area (Å²) in [5.74, 6) is 0.357. The summed E-state index contributed by atoms with van der Waals surface area (Å²) in [4.78, 5) is 19.8. The molecule has 0 radical (unpaired) electrons. The van der Waals surface area contributed by atoms with Gasteiger partial charge in [0, 0.05) is 38.8 Å². The molecule has 2 aliphatic rings. The highest BCUT2D eigenvalue weighted by Crippen LogP contribution is 2.22. The summed E-state index contributed by atoms with van der Waals surface area (Å²) in [5, 5.41) is 0. The molecule has 2 aliphatic heterocycles. The van der Waals surface area contributed by atoms with E-state index in [1.54, 1.807) is 0 Å². The van der Waals surface area contributed by atoms with E-state index in [4.69, 9.17) is 0 Å². The van der Waals surface area contributed by atoms with Crippen molar-refractivity contribution < 1.29 is 4.79 Å². The van der Waals surface area contributed by atoms with Crippen molar-refractivity contribution in [3.63, 3.8) is 0 Å². The first-order chi connectivity index (χ1) is 11.1. The number of piperazine rings is 1. The number of hydrogen-bond donors (Lipinski definition) is 0. The second-order valence-corrected chi connectivity index (χ2v) is 7.08. The Kier molecular flexibility index (Phi) is 5.34. The summed E-state index contributed by atoms with van der Waals surface area (Å²) in [6.45, 7) is 10.2. The number of carbonyl (C=O) groups is 1. The topological polar surface area (TPSA) is 26.8 Å². The average molecular weight is 315 g/mol. The minimum absolute atomic E-state index is 0.121. The third-order valence-electron chi connectivity index (χ3n) is 5.18. The Labute approximate surface area is 140 Å². The monoisotopic (exact) mass is 315 g/mol. The maximum atomic E-state index is 12.8. The summed E-state index contributed by atoms with van der Waals surface area (Å²) in [7, 11) is 0. The van der Waals surface area contributed by atoms with Crippen molar-refractivity contribution in [2.75, 3.05) is 32.7 Å². The Balaban J connectivity index is 1.51. The lowest BCUT2D eigenvalue weighted by atomic mass is 10.1. The van der Waals surface area contributed by atoms with Crippen molar-refractivity contribution in [1.29, 1.82) is 0 Å². The van der Waals surface area contributed by atoms with Gasteiger partial charge in [-0.05, 0) is 38.8 Å². The number of benzene rings is 1. The zero-order valence-corrected chi connectivity index (χ0v) is 14.4. The summed E-state index contributed by atoms with van der Waals surface area (Å²) in [5.41, 5.74) is 1.36. The van der Waals surface area contributed by atoms with E-state index in [0.29, 0.717) is 11.9 Å². The molecule has 0 bridgehead atoms. The van der Waals surface area contributed by atoms with Gasteiger partial charge in [0.2, 0.25) is 5.91 Å². The highest BCUT2D eigenvalue weighted by atomic mass is 16.2. The molecule has 1 amide bonds. The molecule has 4 nitrogen and oxygen atoms in total. The highest BCUT2D eigenvalue weighted by Gasteiger charge is 2.35. The lowest BCUT2D eigenvalue weighted by Crippen LogP contribution is -2.54. The molecular formula is C19H29N3O. The van der Waals surface area contributed by atoms with Crippen LogP contribution in [0, 0.1) is 0 Å². The summed E-state index contributed by atoms with van der Waals surface area (Å²) in [6.07, 6.45) is 2.18. The van der Waals surface area contributed by atoms with Crippen LogP contribution in [0.2, 0.25) is 0 Å². The zero-order chi connectivity index (χ0) is 16.2. The van der Waals surface area contributed by atoms with E-state index in [9.17, 15) is 4.79 Å². The van der Waals surface area contributed by atoms with Crippen LogP contribution in [0.25, 0.3) is 0 Å². The van der Waals surface area contributed by atoms with E-state index in [1.807, 2.05) is 0 Å². The van der Waals surface area contributed by atoms with Crippen LogP contribution in [-0.4, -0.2) is 65.4 Å². The van der Waals surface area contributed by atoms with Crippen LogP contribution < -0.4 is 0 Å². The Morgan fingerprint density at radius 2 is 1.78 bits per heavy atom. The smallest absolute Gasteiger partial charge is 0.240 e. The molecule has 4 heteroatoms. The van der Waals surface area contributed by atoms with E-state index >= 15 is 0 Å². The normalized spacial score (nSPS) is 23.6. The molecule has 1 aromatic carbocycles. The first-order valence-corrected chi connectivity index (χ1v) is 8.96. The van der Waals surface area contributed by atoms with E-state index < -0.39 is 0 Å². The largest absolute Gasteiger partial charge is 0.339 e. The molecule has 0 spiro atoms. The molecule has 0 unspecified atom stereocenters. The molecule has 0 aromatic heterocycles. The SMILES string of the molecule is CC(C)N1CCC[C@@H]1C(=O)N1CCN(Cc2ccccc2)CC1. The van der Waals surface area contributed by atoms with Crippen molar-refractivity contribution in [1.82, 2.24) is 14.7 Å². The van der Waals surface area contributed by atoms with Gasteiger partial charge in [-0.1, -0.05) is 30.3 Å². The molecular weight excluding hydrogens is 286 g/mol. The molecule has 0 N–H and O–H groups in total. The fourth-order valence-electron chi connectivity index (χ4n) is 3.85. The van der Waals surface area contributed by atoms with Gasteiger partial charge in [-0.15, -0.1) is 0 Å². The maximum absolute atomic E-state index is 12.8. The Hall–Kier alpha value is -1.39. The molecule has 3 rings (SSSR count). The summed E-state index contributed by atoms with van der Waals surface area (Å²) in [6, 6.07) is 11.2. The van der Waals surface area contributed by atoms with E-state index in [-0.39, 0.29) is 6.04 Å². The summed E-state index contributed by atoms with van der Waals surface area (Å²) >= 11 is 0.